The van der Waals surface area contributed by atoms with Crippen LogP contribution in [-0.4, -0.2) is 34.7 Å². The third-order valence-electron chi connectivity index (χ3n) is 7.60. The summed E-state index contributed by atoms with van der Waals surface area (Å²) in [5, 5.41) is 4.08. The Bertz CT molecular complexity index is 1470. The van der Waals surface area contributed by atoms with E-state index in [0.717, 1.165) is 31.7 Å². The Labute approximate surface area is 209 Å². The van der Waals surface area contributed by atoms with Gasteiger partial charge >= 0.3 is 0 Å². The summed E-state index contributed by atoms with van der Waals surface area (Å²) in [6.45, 7) is 3.62. The van der Waals surface area contributed by atoms with Crippen molar-refractivity contribution in [2.75, 3.05) is 25.0 Å². The molecule has 3 atom stereocenters. The van der Waals surface area contributed by atoms with E-state index in [1.54, 1.807) is 23.1 Å². The molecule has 2 aliphatic rings. The Hall–Kier alpha value is -3.84. The molecule has 4 heterocycles. The minimum atomic E-state index is -0.335. The van der Waals surface area contributed by atoms with Crippen LogP contribution in [0.4, 0.5) is 5.69 Å². The Balaban J connectivity index is 1.16. The molecule has 2 N–H and O–H groups in total. The summed E-state index contributed by atoms with van der Waals surface area (Å²) in [5.74, 6) is 1.09. The average molecular weight is 484 g/mol. The van der Waals surface area contributed by atoms with Gasteiger partial charge in [-0.2, -0.15) is 0 Å². The van der Waals surface area contributed by atoms with Gasteiger partial charge in [0.25, 0.3) is 11.5 Å². The Morgan fingerprint density at radius 3 is 2.72 bits per heavy atom. The number of rotatable bonds is 6. The number of ether oxygens (including phenoxy) is 1. The first-order valence-electron chi connectivity index (χ1n) is 12.6. The van der Waals surface area contributed by atoms with Crippen molar-refractivity contribution >= 4 is 22.5 Å². The van der Waals surface area contributed by atoms with Gasteiger partial charge in [-0.3, -0.25) is 9.59 Å². The van der Waals surface area contributed by atoms with Crippen molar-refractivity contribution in [3.05, 3.63) is 94.5 Å². The fraction of sp³-hybridized carbons (Fsp3) is 0.310. The molecular weight excluding hydrogens is 452 g/mol. The van der Waals surface area contributed by atoms with Crippen molar-refractivity contribution in [2.24, 2.45) is 13.0 Å². The molecule has 1 saturated heterocycles. The molecule has 184 valence electrons. The normalized spacial score (nSPS) is 20.6. The number of hydrogen-bond acceptors (Lipinski definition) is 3. The van der Waals surface area contributed by atoms with Crippen LogP contribution in [0.5, 0.6) is 5.75 Å². The summed E-state index contributed by atoms with van der Waals surface area (Å²) < 4.78 is 9.62. The lowest BCUT2D eigenvalue weighted by Crippen LogP contribution is -3.13. The number of carbonyl (C=O) groups is 1. The van der Waals surface area contributed by atoms with Gasteiger partial charge in [0.05, 0.1) is 13.1 Å². The maximum absolute atomic E-state index is 13.3. The predicted octanol–water partition coefficient (Wildman–Crippen LogP) is 2.56. The molecule has 2 bridgehead atoms. The highest BCUT2D eigenvalue weighted by Gasteiger charge is 2.37. The number of aryl methyl sites for hydroxylation is 1. The lowest BCUT2D eigenvalue weighted by atomic mass is 9.83. The topological polar surface area (TPSA) is 69.7 Å². The first-order valence-corrected chi connectivity index (χ1v) is 12.6. The number of likely N-dealkylation sites (tertiary alicyclic amines) is 1. The molecule has 0 spiro atoms. The third kappa shape index (κ3) is 4.31. The molecule has 2 aromatic heterocycles. The van der Waals surface area contributed by atoms with Crippen LogP contribution in [0.2, 0.25) is 0 Å². The standard InChI is InChI=1S/C29H30N4O3/c1-31-16-22(24-9-5-6-10-27(24)31)18-32-14-20-13-21(17-32)26-12-11-25(29(35)33(26)15-20)30-28(34)19-36-23-7-3-2-4-8-23/h2-12,16,20-21H,13-15,17-19H2,1H3,(H,30,34)/p+1/t20-,21+/m0/s1. The van der Waals surface area contributed by atoms with E-state index >= 15 is 0 Å². The van der Waals surface area contributed by atoms with E-state index in [2.05, 4.69) is 47.4 Å². The van der Waals surface area contributed by atoms with E-state index < -0.39 is 0 Å². The molecule has 7 nitrogen and oxygen atoms in total. The quantitative estimate of drug-likeness (QED) is 0.443. The van der Waals surface area contributed by atoms with Gasteiger partial charge in [0.1, 0.15) is 18.0 Å². The molecule has 36 heavy (non-hydrogen) atoms. The Morgan fingerprint density at radius 1 is 1.06 bits per heavy atom. The minimum Gasteiger partial charge on any atom is -0.484 e. The molecule has 0 radical (unpaired) electrons. The van der Waals surface area contributed by atoms with E-state index in [0.29, 0.717) is 29.8 Å². The molecule has 6 rings (SSSR count). The zero-order chi connectivity index (χ0) is 24.6. The van der Waals surface area contributed by atoms with Crippen LogP contribution in [0.15, 0.2) is 77.7 Å². The van der Waals surface area contributed by atoms with Gasteiger partial charge in [0.15, 0.2) is 6.61 Å². The van der Waals surface area contributed by atoms with Gasteiger partial charge in [-0.1, -0.05) is 36.4 Å². The number of carbonyl (C=O) groups excluding carboxylic acids is 1. The lowest BCUT2D eigenvalue weighted by Gasteiger charge is -2.40. The van der Waals surface area contributed by atoms with E-state index in [-0.39, 0.29) is 18.1 Å². The summed E-state index contributed by atoms with van der Waals surface area (Å²) in [6, 6.07) is 21.6. The van der Waals surface area contributed by atoms with Crippen LogP contribution in [0, 0.1) is 5.92 Å². The van der Waals surface area contributed by atoms with Crippen molar-refractivity contribution in [1.82, 2.24) is 9.13 Å². The maximum Gasteiger partial charge on any atom is 0.274 e. The van der Waals surface area contributed by atoms with Gasteiger partial charge in [0.2, 0.25) is 0 Å². The molecule has 1 fully saturated rings. The first kappa shape index (κ1) is 22.6. The highest BCUT2D eigenvalue weighted by molar-refractivity contribution is 5.91. The number of piperidine rings is 1. The molecule has 0 saturated carbocycles. The SMILES string of the molecule is Cn1cc(C[NH+]2C[C@@H]3C[C@H](C2)c2ccc(NC(=O)COc4ccccc4)c(=O)n2C3)c2ccccc21. The van der Waals surface area contributed by atoms with Gasteiger partial charge in [-0.05, 0) is 36.8 Å². The maximum atomic E-state index is 13.3. The predicted molar refractivity (Wildman–Crippen MR) is 139 cm³/mol. The fourth-order valence-electron chi connectivity index (χ4n) is 6.10. The third-order valence-corrected chi connectivity index (χ3v) is 7.60. The number of nitrogens with one attached hydrogen (secondary N) is 2. The number of fused-ring (bicyclic) bond motifs is 5. The van der Waals surface area contributed by atoms with Crippen LogP contribution in [-0.2, 0) is 24.9 Å². The van der Waals surface area contributed by atoms with Crippen molar-refractivity contribution in [3.63, 3.8) is 0 Å². The molecule has 0 aliphatic carbocycles. The summed E-state index contributed by atoms with van der Waals surface area (Å²) in [7, 11) is 2.11. The van der Waals surface area contributed by atoms with Crippen LogP contribution in [0.3, 0.4) is 0 Å². The monoisotopic (exact) mass is 483 g/mol. The van der Waals surface area contributed by atoms with Crippen LogP contribution in [0.1, 0.15) is 23.6 Å². The highest BCUT2D eigenvalue weighted by Crippen LogP contribution is 2.31. The molecule has 2 aromatic carbocycles. The van der Waals surface area contributed by atoms with Crippen molar-refractivity contribution in [2.45, 2.75) is 25.4 Å². The summed E-state index contributed by atoms with van der Waals surface area (Å²) in [5.41, 5.74) is 3.94. The number of anilines is 1. The zero-order valence-corrected chi connectivity index (χ0v) is 20.4. The summed E-state index contributed by atoms with van der Waals surface area (Å²) in [4.78, 5) is 27.3. The number of nitrogens with zero attached hydrogens (tertiary/aromatic N) is 2. The van der Waals surface area contributed by atoms with Crippen LogP contribution < -0.4 is 20.5 Å². The molecular formula is C29H31N4O3+. The number of aromatic nitrogens is 2. The van der Waals surface area contributed by atoms with E-state index in [9.17, 15) is 9.59 Å². The number of amides is 1. The second-order valence-electron chi connectivity index (χ2n) is 10.2. The van der Waals surface area contributed by atoms with Crippen LogP contribution >= 0.6 is 0 Å². The Morgan fingerprint density at radius 2 is 1.86 bits per heavy atom. The number of benzene rings is 2. The van der Waals surface area contributed by atoms with E-state index in [1.807, 2.05) is 28.8 Å². The van der Waals surface area contributed by atoms with Gasteiger partial charge in [0, 0.05) is 53.8 Å². The molecule has 1 unspecified atom stereocenters. The highest BCUT2D eigenvalue weighted by atomic mass is 16.5. The second-order valence-corrected chi connectivity index (χ2v) is 10.2. The smallest absolute Gasteiger partial charge is 0.274 e. The molecule has 1 amide bonds. The van der Waals surface area contributed by atoms with Crippen molar-refractivity contribution < 1.29 is 14.4 Å². The van der Waals surface area contributed by atoms with Crippen molar-refractivity contribution in [3.8, 4) is 5.75 Å². The fourth-order valence-corrected chi connectivity index (χ4v) is 6.10. The molecule has 4 aromatic rings. The lowest BCUT2D eigenvalue weighted by molar-refractivity contribution is -0.924. The molecule has 2 aliphatic heterocycles. The van der Waals surface area contributed by atoms with Gasteiger partial charge in [-0.25, -0.2) is 0 Å². The molecule has 7 heteroatoms. The number of pyridine rings is 1. The minimum absolute atomic E-state index is 0.118. The second kappa shape index (κ2) is 9.32. The average Bonchev–Trinajstić information content (AvgIpc) is 3.20. The summed E-state index contributed by atoms with van der Waals surface area (Å²) >= 11 is 0. The first-order chi connectivity index (χ1) is 17.5. The van der Waals surface area contributed by atoms with Gasteiger partial charge < -0.3 is 24.1 Å². The number of quaternary nitrogens is 1. The number of para-hydroxylation sites is 2. The number of hydrogen-bond donors (Lipinski definition) is 2. The largest absolute Gasteiger partial charge is 0.484 e. The van der Waals surface area contributed by atoms with E-state index in [4.69, 9.17) is 4.74 Å². The van der Waals surface area contributed by atoms with Crippen LogP contribution in [0.25, 0.3) is 10.9 Å². The van der Waals surface area contributed by atoms with E-state index in [1.165, 1.54) is 16.5 Å². The Kier molecular flexibility index (Phi) is 5.85. The van der Waals surface area contributed by atoms with Crippen molar-refractivity contribution in [1.29, 1.82) is 0 Å². The van der Waals surface area contributed by atoms with Gasteiger partial charge in [-0.15, -0.1) is 0 Å². The summed E-state index contributed by atoms with van der Waals surface area (Å²) in [6.07, 6.45) is 3.38. The zero-order valence-electron chi connectivity index (χ0n) is 20.4.